The summed E-state index contributed by atoms with van der Waals surface area (Å²) in [6.07, 6.45) is -1.95. The van der Waals surface area contributed by atoms with Crippen molar-refractivity contribution in [1.29, 1.82) is 0 Å². The van der Waals surface area contributed by atoms with Gasteiger partial charge < -0.3 is 10.2 Å². The average Bonchev–Trinajstić information content (AvgIpc) is 2.78. The first-order chi connectivity index (χ1) is 15.5. The monoisotopic (exact) mass is 483 g/mol. The molecule has 2 aromatic carbocycles. The highest BCUT2D eigenvalue weighted by Crippen LogP contribution is 2.34. The Morgan fingerprint density at radius 2 is 1.67 bits per heavy atom. The van der Waals surface area contributed by atoms with Crippen LogP contribution in [0.1, 0.15) is 42.1 Å². The van der Waals surface area contributed by atoms with Crippen LogP contribution in [0, 0.1) is 0 Å². The van der Waals surface area contributed by atoms with Crippen LogP contribution in [0.4, 0.5) is 18.9 Å². The number of carbonyl (C=O) groups excluding carboxylic acids is 2. The Morgan fingerprint density at radius 3 is 2.33 bits per heavy atom. The van der Waals surface area contributed by atoms with Gasteiger partial charge in [-0.2, -0.15) is 17.9 Å². The van der Waals surface area contributed by atoms with Gasteiger partial charge in [-0.1, -0.05) is 18.2 Å². The molecule has 0 radical (unpaired) electrons. The molecule has 0 spiro atoms. The minimum atomic E-state index is -4.88. The van der Waals surface area contributed by atoms with E-state index in [9.17, 15) is 31.2 Å². The van der Waals surface area contributed by atoms with E-state index in [1.807, 2.05) is 4.72 Å². The second-order valence-corrected chi connectivity index (χ2v) is 9.44. The van der Waals surface area contributed by atoms with Gasteiger partial charge in [0.15, 0.2) is 0 Å². The molecule has 1 fully saturated rings. The molecule has 3 rings (SSSR count). The minimum Gasteiger partial charge on any atom is -0.339 e. The van der Waals surface area contributed by atoms with E-state index in [2.05, 4.69) is 5.32 Å². The lowest BCUT2D eigenvalue weighted by Gasteiger charge is -2.26. The molecular formula is C22H24F3N3O4S. The van der Waals surface area contributed by atoms with Crippen molar-refractivity contribution in [3.63, 3.8) is 0 Å². The summed E-state index contributed by atoms with van der Waals surface area (Å²) in [5, 5.41) is 2.50. The van der Waals surface area contributed by atoms with Gasteiger partial charge in [-0.05, 0) is 56.5 Å². The Kier molecular flexibility index (Phi) is 7.43. The van der Waals surface area contributed by atoms with Crippen LogP contribution >= 0.6 is 0 Å². The smallest absolute Gasteiger partial charge is 0.339 e. The fourth-order valence-corrected chi connectivity index (χ4v) is 4.98. The van der Waals surface area contributed by atoms with Crippen molar-refractivity contribution >= 4 is 27.5 Å². The van der Waals surface area contributed by atoms with Gasteiger partial charge in [0.1, 0.15) is 0 Å². The number of amides is 2. The van der Waals surface area contributed by atoms with Crippen LogP contribution < -0.4 is 10.0 Å². The fraction of sp³-hybridized carbons (Fsp3) is 0.364. The molecule has 11 heteroatoms. The van der Waals surface area contributed by atoms with Gasteiger partial charge in [0.05, 0.1) is 16.5 Å². The second kappa shape index (κ2) is 9.92. The van der Waals surface area contributed by atoms with E-state index in [1.165, 1.54) is 25.1 Å². The van der Waals surface area contributed by atoms with Crippen molar-refractivity contribution in [2.24, 2.45) is 0 Å². The Balaban J connectivity index is 1.71. The first-order valence-electron chi connectivity index (χ1n) is 10.4. The number of halogens is 3. The number of carbonyl (C=O) groups is 2. The summed E-state index contributed by atoms with van der Waals surface area (Å²) < 4.78 is 66.7. The number of nitrogens with zero attached hydrogens (tertiary/aromatic N) is 1. The maximum atomic E-state index is 13.2. The maximum absolute atomic E-state index is 13.2. The third-order valence-corrected chi connectivity index (χ3v) is 6.83. The molecular weight excluding hydrogens is 459 g/mol. The molecule has 1 heterocycles. The van der Waals surface area contributed by atoms with Crippen molar-refractivity contribution in [2.45, 2.75) is 43.3 Å². The summed E-state index contributed by atoms with van der Waals surface area (Å²) in [5.74, 6) is -0.950. The highest BCUT2D eigenvalue weighted by Gasteiger charge is 2.37. The number of sulfonamides is 1. The highest BCUT2D eigenvalue weighted by atomic mass is 32.2. The Hall–Kier alpha value is -2.92. The molecule has 1 saturated heterocycles. The molecule has 2 amide bonds. The van der Waals surface area contributed by atoms with Crippen molar-refractivity contribution < 1.29 is 31.2 Å². The lowest BCUT2D eigenvalue weighted by Crippen LogP contribution is -2.42. The molecule has 0 unspecified atom stereocenters. The van der Waals surface area contributed by atoms with Gasteiger partial charge in [0, 0.05) is 24.3 Å². The van der Waals surface area contributed by atoms with Crippen LogP contribution in [0.3, 0.4) is 0 Å². The third-order valence-electron chi connectivity index (χ3n) is 5.23. The Labute approximate surface area is 190 Å². The number of rotatable bonds is 6. The number of alkyl halides is 3. The fourth-order valence-electron chi connectivity index (χ4n) is 3.54. The van der Waals surface area contributed by atoms with E-state index in [0.717, 1.165) is 31.4 Å². The van der Waals surface area contributed by atoms with Crippen LogP contribution in [0.15, 0.2) is 53.4 Å². The van der Waals surface area contributed by atoms with E-state index in [4.69, 9.17) is 0 Å². The van der Waals surface area contributed by atoms with Crippen LogP contribution in [-0.2, 0) is 21.0 Å². The summed E-state index contributed by atoms with van der Waals surface area (Å²) >= 11 is 0. The SMILES string of the molecule is C[C@H](NS(=O)(=O)c1ccccc1C(F)(F)F)C(=O)Nc1cccc(C(=O)N2CCCCC2)c1. The van der Waals surface area contributed by atoms with Gasteiger partial charge in [0.25, 0.3) is 5.91 Å². The largest absolute Gasteiger partial charge is 0.417 e. The normalized spacial score (nSPS) is 15.7. The average molecular weight is 484 g/mol. The first kappa shape index (κ1) is 24.7. The van der Waals surface area contributed by atoms with Gasteiger partial charge in [0.2, 0.25) is 15.9 Å². The van der Waals surface area contributed by atoms with Crippen molar-refractivity contribution in [3.8, 4) is 0 Å². The number of piperidine rings is 1. The van der Waals surface area contributed by atoms with Gasteiger partial charge >= 0.3 is 6.18 Å². The topological polar surface area (TPSA) is 95.6 Å². The summed E-state index contributed by atoms with van der Waals surface area (Å²) in [7, 11) is -4.64. The second-order valence-electron chi connectivity index (χ2n) is 7.76. The predicted octanol–water partition coefficient (Wildman–Crippen LogP) is 3.64. The number of anilines is 1. The number of hydrogen-bond acceptors (Lipinski definition) is 4. The van der Waals surface area contributed by atoms with E-state index in [0.29, 0.717) is 24.7 Å². The molecule has 0 aliphatic carbocycles. The predicted molar refractivity (Wildman–Crippen MR) is 116 cm³/mol. The standard InChI is InChI=1S/C22H24F3N3O4S/c1-15(27-33(31,32)19-11-4-3-10-18(19)22(23,24)25)20(29)26-17-9-7-8-16(14-17)21(30)28-12-5-2-6-13-28/h3-4,7-11,14-15,27H,2,5-6,12-13H2,1H3,(H,26,29)/t15-/m0/s1. The van der Waals surface area contributed by atoms with Crippen molar-refractivity contribution in [1.82, 2.24) is 9.62 Å². The van der Waals surface area contributed by atoms with Crippen LogP contribution in [-0.4, -0.2) is 44.3 Å². The molecule has 7 nitrogen and oxygen atoms in total. The lowest BCUT2D eigenvalue weighted by atomic mass is 10.1. The molecule has 0 aromatic heterocycles. The van der Waals surface area contributed by atoms with Crippen molar-refractivity contribution in [3.05, 3.63) is 59.7 Å². The van der Waals surface area contributed by atoms with Crippen molar-refractivity contribution in [2.75, 3.05) is 18.4 Å². The molecule has 33 heavy (non-hydrogen) atoms. The quantitative estimate of drug-likeness (QED) is 0.656. The summed E-state index contributed by atoms with van der Waals surface area (Å²) in [6, 6.07) is 8.57. The number of benzene rings is 2. The third kappa shape index (κ3) is 6.11. The van der Waals surface area contributed by atoms with Gasteiger partial charge in [-0.25, -0.2) is 8.42 Å². The molecule has 1 aliphatic heterocycles. The number of likely N-dealkylation sites (tertiary alicyclic amines) is 1. The molecule has 0 saturated carbocycles. The molecule has 2 aromatic rings. The van der Waals surface area contributed by atoms with Crippen LogP contribution in [0.5, 0.6) is 0 Å². The molecule has 1 aliphatic rings. The summed E-state index contributed by atoms with van der Waals surface area (Å²) in [4.78, 5) is 26.0. The molecule has 2 N–H and O–H groups in total. The zero-order valence-corrected chi connectivity index (χ0v) is 18.7. The summed E-state index contributed by atoms with van der Waals surface area (Å²) in [6.45, 7) is 2.53. The number of hydrogen-bond donors (Lipinski definition) is 2. The zero-order valence-electron chi connectivity index (χ0n) is 17.9. The Morgan fingerprint density at radius 1 is 1.00 bits per heavy atom. The first-order valence-corrected chi connectivity index (χ1v) is 11.9. The van der Waals surface area contributed by atoms with Crippen LogP contribution in [0.25, 0.3) is 0 Å². The lowest BCUT2D eigenvalue weighted by molar-refractivity contribution is -0.139. The zero-order chi connectivity index (χ0) is 24.2. The molecule has 178 valence electrons. The van der Waals surface area contributed by atoms with Crippen LogP contribution in [0.2, 0.25) is 0 Å². The molecule has 0 bridgehead atoms. The number of nitrogens with one attached hydrogen (secondary N) is 2. The van der Waals surface area contributed by atoms with E-state index < -0.39 is 38.6 Å². The highest BCUT2D eigenvalue weighted by molar-refractivity contribution is 7.89. The minimum absolute atomic E-state index is 0.164. The molecule has 1 atom stereocenters. The van der Waals surface area contributed by atoms with E-state index in [1.54, 1.807) is 17.0 Å². The van der Waals surface area contributed by atoms with Gasteiger partial charge in [-0.3, -0.25) is 9.59 Å². The van der Waals surface area contributed by atoms with E-state index in [-0.39, 0.29) is 11.6 Å². The van der Waals surface area contributed by atoms with Gasteiger partial charge in [-0.15, -0.1) is 0 Å². The summed E-state index contributed by atoms with van der Waals surface area (Å²) in [5.41, 5.74) is -0.680. The Bertz CT molecular complexity index is 1130. The maximum Gasteiger partial charge on any atom is 0.417 e. The van der Waals surface area contributed by atoms with E-state index >= 15 is 0 Å².